The van der Waals surface area contributed by atoms with Crippen molar-refractivity contribution >= 4 is 22.2 Å². The van der Waals surface area contributed by atoms with Crippen LogP contribution in [0.15, 0.2) is 36.7 Å². The molecule has 3 heterocycles. The van der Waals surface area contributed by atoms with Gasteiger partial charge in [0.05, 0.1) is 9.80 Å². The van der Waals surface area contributed by atoms with Crippen molar-refractivity contribution in [3.63, 3.8) is 0 Å². The predicted octanol–water partition coefficient (Wildman–Crippen LogP) is 2.01. The van der Waals surface area contributed by atoms with Gasteiger partial charge in [-0.1, -0.05) is 17.4 Å². The third kappa shape index (κ3) is 3.72. The van der Waals surface area contributed by atoms with Gasteiger partial charge in [0, 0.05) is 51.2 Å². The summed E-state index contributed by atoms with van der Waals surface area (Å²) in [6, 6.07) is 6.87. The molecule has 1 fully saturated rings. The number of rotatable bonds is 4. The highest BCUT2D eigenvalue weighted by atomic mass is 32.1. The van der Waals surface area contributed by atoms with E-state index >= 15 is 0 Å². The topological polar surface area (TPSA) is 79.6 Å². The number of carbonyl (C=O) groups is 1. The summed E-state index contributed by atoms with van der Waals surface area (Å²) in [7, 11) is 0. The summed E-state index contributed by atoms with van der Waals surface area (Å²) in [4.78, 5) is 31.2. The summed E-state index contributed by atoms with van der Waals surface area (Å²) in [6.45, 7) is 3.65. The average Bonchev–Trinajstić information content (AvgIpc) is 3.06. The van der Waals surface area contributed by atoms with Crippen LogP contribution in [-0.2, 0) is 6.54 Å². The summed E-state index contributed by atoms with van der Waals surface area (Å²) < 4.78 is 0. The monoisotopic (exact) mass is 332 g/mol. The number of aromatic nitrogens is 1. The van der Waals surface area contributed by atoms with E-state index in [9.17, 15) is 14.9 Å². The van der Waals surface area contributed by atoms with Gasteiger partial charge in [0.25, 0.3) is 5.91 Å². The second-order valence-corrected chi connectivity index (χ2v) is 6.39. The molecule has 2 aromatic rings. The Bertz CT molecular complexity index is 696. The van der Waals surface area contributed by atoms with Crippen LogP contribution in [0, 0.1) is 10.1 Å². The van der Waals surface area contributed by atoms with E-state index < -0.39 is 4.92 Å². The fourth-order valence-electron chi connectivity index (χ4n) is 2.56. The van der Waals surface area contributed by atoms with Crippen LogP contribution in [0.3, 0.4) is 0 Å². The van der Waals surface area contributed by atoms with Crippen molar-refractivity contribution in [2.24, 2.45) is 0 Å². The number of nitro groups is 1. The minimum Gasteiger partial charge on any atom is -0.335 e. The molecule has 0 atom stereocenters. The maximum atomic E-state index is 12.4. The number of hydrogen-bond donors (Lipinski definition) is 0. The summed E-state index contributed by atoms with van der Waals surface area (Å²) >= 11 is 0.934. The molecule has 0 aromatic carbocycles. The van der Waals surface area contributed by atoms with Crippen LogP contribution in [0.1, 0.15) is 15.2 Å². The Labute approximate surface area is 137 Å². The van der Waals surface area contributed by atoms with Gasteiger partial charge >= 0.3 is 5.00 Å². The van der Waals surface area contributed by atoms with Gasteiger partial charge in [-0.15, -0.1) is 0 Å². The molecule has 120 valence electrons. The van der Waals surface area contributed by atoms with Crippen LogP contribution in [-0.4, -0.2) is 51.8 Å². The summed E-state index contributed by atoms with van der Waals surface area (Å²) in [5.41, 5.74) is 1.15. The molecule has 0 spiro atoms. The number of thiophene rings is 1. The van der Waals surface area contributed by atoms with Crippen LogP contribution >= 0.6 is 11.3 Å². The highest BCUT2D eigenvalue weighted by molar-refractivity contribution is 7.17. The van der Waals surface area contributed by atoms with Gasteiger partial charge in [0.15, 0.2) is 0 Å². The number of piperazine rings is 1. The van der Waals surface area contributed by atoms with Crippen molar-refractivity contribution in [2.45, 2.75) is 6.54 Å². The van der Waals surface area contributed by atoms with E-state index in [1.807, 2.05) is 18.3 Å². The average molecular weight is 332 g/mol. The molecule has 0 unspecified atom stereocenters. The first kappa shape index (κ1) is 15.6. The molecule has 23 heavy (non-hydrogen) atoms. The molecule has 7 nitrogen and oxygen atoms in total. The molecule has 1 aliphatic heterocycles. The molecule has 8 heteroatoms. The number of hydrogen-bond acceptors (Lipinski definition) is 6. The van der Waals surface area contributed by atoms with Crippen molar-refractivity contribution in [3.05, 3.63) is 57.2 Å². The fraction of sp³-hybridized carbons (Fsp3) is 0.333. The number of pyridine rings is 1. The van der Waals surface area contributed by atoms with E-state index in [2.05, 4.69) is 9.88 Å². The standard InChI is InChI=1S/C15H16N4O3S/c20-15(13-3-4-14(23-13)19(21)22)18-8-6-17(7-9-18)11-12-2-1-5-16-10-12/h1-5,10H,6-9,11H2. The molecule has 0 saturated carbocycles. The molecule has 1 saturated heterocycles. The zero-order valence-electron chi connectivity index (χ0n) is 12.4. The molecular formula is C15H16N4O3S. The van der Waals surface area contributed by atoms with E-state index in [-0.39, 0.29) is 10.9 Å². The third-order valence-corrected chi connectivity index (χ3v) is 4.80. The predicted molar refractivity (Wildman–Crippen MR) is 86.4 cm³/mol. The Balaban J connectivity index is 1.55. The molecule has 0 radical (unpaired) electrons. The Hall–Kier alpha value is -2.32. The quantitative estimate of drug-likeness (QED) is 0.632. The maximum Gasteiger partial charge on any atom is 0.324 e. The van der Waals surface area contributed by atoms with E-state index in [1.165, 1.54) is 12.1 Å². The minimum absolute atomic E-state index is 0.00330. The van der Waals surface area contributed by atoms with Gasteiger partial charge in [-0.05, 0) is 17.7 Å². The molecule has 2 aromatic heterocycles. The van der Waals surface area contributed by atoms with Crippen molar-refractivity contribution in [3.8, 4) is 0 Å². The Morgan fingerprint density at radius 3 is 2.65 bits per heavy atom. The first-order valence-corrected chi connectivity index (χ1v) is 8.10. The Morgan fingerprint density at radius 2 is 2.04 bits per heavy atom. The smallest absolute Gasteiger partial charge is 0.324 e. The van der Waals surface area contributed by atoms with Gasteiger partial charge < -0.3 is 4.90 Å². The lowest BCUT2D eigenvalue weighted by molar-refractivity contribution is -0.380. The largest absolute Gasteiger partial charge is 0.335 e. The molecule has 1 amide bonds. The molecule has 1 aliphatic rings. The van der Waals surface area contributed by atoms with Gasteiger partial charge in [0.1, 0.15) is 0 Å². The number of carbonyl (C=O) groups excluding carboxylic acids is 1. The fourth-order valence-corrected chi connectivity index (χ4v) is 3.34. The first-order valence-electron chi connectivity index (χ1n) is 7.28. The Kier molecular flexibility index (Phi) is 4.63. The second kappa shape index (κ2) is 6.84. The van der Waals surface area contributed by atoms with Crippen molar-refractivity contribution < 1.29 is 9.72 Å². The van der Waals surface area contributed by atoms with Crippen LogP contribution in [0.4, 0.5) is 5.00 Å². The lowest BCUT2D eigenvalue weighted by atomic mass is 10.2. The van der Waals surface area contributed by atoms with Crippen molar-refractivity contribution in [1.29, 1.82) is 0 Å². The van der Waals surface area contributed by atoms with Crippen LogP contribution in [0.25, 0.3) is 0 Å². The van der Waals surface area contributed by atoms with E-state index in [0.29, 0.717) is 18.0 Å². The molecule has 0 aliphatic carbocycles. The molecule has 0 N–H and O–H groups in total. The number of amides is 1. The minimum atomic E-state index is -0.465. The van der Waals surface area contributed by atoms with Gasteiger partial charge in [-0.2, -0.15) is 0 Å². The van der Waals surface area contributed by atoms with Crippen LogP contribution in [0.5, 0.6) is 0 Å². The zero-order chi connectivity index (χ0) is 16.2. The van der Waals surface area contributed by atoms with Crippen LogP contribution < -0.4 is 0 Å². The first-order chi connectivity index (χ1) is 11.1. The van der Waals surface area contributed by atoms with E-state index in [0.717, 1.165) is 36.5 Å². The van der Waals surface area contributed by atoms with Gasteiger partial charge in [0.2, 0.25) is 0 Å². The summed E-state index contributed by atoms with van der Waals surface area (Å²) in [5, 5.41) is 10.7. The van der Waals surface area contributed by atoms with Gasteiger partial charge in [-0.3, -0.25) is 24.8 Å². The number of nitrogens with zero attached hydrogens (tertiary/aromatic N) is 4. The summed E-state index contributed by atoms with van der Waals surface area (Å²) in [6.07, 6.45) is 3.60. The summed E-state index contributed by atoms with van der Waals surface area (Å²) in [5.74, 6) is -0.121. The van der Waals surface area contributed by atoms with Crippen molar-refractivity contribution in [1.82, 2.24) is 14.8 Å². The third-order valence-electron chi connectivity index (χ3n) is 3.77. The SMILES string of the molecule is O=C(c1ccc([N+](=O)[O-])s1)N1CCN(Cc2cccnc2)CC1. The highest BCUT2D eigenvalue weighted by Crippen LogP contribution is 2.25. The van der Waals surface area contributed by atoms with Crippen LogP contribution in [0.2, 0.25) is 0 Å². The molecular weight excluding hydrogens is 316 g/mol. The van der Waals surface area contributed by atoms with Crippen molar-refractivity contribution in [2.75, 3.05) is 26.2 Å². The Morgan fingerprint density at radius 1 is 1.26 bits per heavy atom. The second-order valence-electron chi connectivity index (χ2n) is 5.32. The lowest BCUT2D eigenvalue weighted by Crippen LogP contribution is -2.48. The highest BCUT2D eigenvalue weighted by Gasteiger charge is 2.24. The van der Waals surface area contributed by atoms with E-state index in [1.54, 1.807) is 11.1 Å². The molecule has 0 bridgehead atoms. The van der Waals surface area contributed by atoms with Gasteiger partial charge in [-0.25, -0.2) is 0 Å². The lowest BCUT2D eigenvalue weighted by Gasteiger charge is -2.34. The normalized spacial score (nSPS) is 15.6. The maximum absolute atomic E-state index is 12.4. The molecule has 3 rings (SSSR count). The van der Waals surface area contributed by atoms with E-state index in [4.69, 9.17) is 0 Å². The zero-order valence-corrected chi connectivity index (χ0v) is 13.2.